The van der Waals surface area contributed by atoms with Crippen LogP contribution < -0.4 is 4.90 Å². The van der Waals surface area contributed by atoms with Crippen molar-refractivity contribution in [1.29, 1.82) is 5.26 Å². The Hall–Kier alpha value is -2.88. The molecule has 7 heteroatoms. The van der Waals surface area contributed by atoms with Gasteiger partial charge in [0.15, 0.2) is 5.65 Å². The third-order valence-electron chi connectivity index (χ3n) is 4.35. The van der Waals surface area contributed by atoms with E-state index in [-0.39, 0.29) is 0 Å². The molecule has 0 amide bonds. The normalized spacial score (nSPS) is 17.7. The molecule has 0 aromatic carbocycles. The average Bonchev–Trinajstić information content (AvgIpc) is 3.31. The first-order chi connectivity index (χ1) is 11.4. The van der Waals surface area contributed by atoms with Gasteiger partial charge in [-0.25, -0.2) is 14.6 Å². The highest BCUT2D eigenvalue weighted by Crippen LogP contribution is 2.36. The summed E-state index contributed by atoms with van der Waals surface area (Å²) in [5.41, 5.74) is 2.01. The smallest absolute Gasteiger partial charge is 0.163 e. The fraction of sp³-hybridized carbons (Fsp3) is 0.375. The van der Waals surface area contributed by atoms with Gasteiger partial charge in [0.2, 0.25) is 0 Å². The van der Waals surface area contributed by atoms with Gasteiger partial charge in [-0.2, -0.15) is 10.4 Å². The Labute approximate surface area is 133 Å². The molecular weight excluding hydrogens is 290 g/mol. The molecule has 0 aliphatic carbocycles. The van der Waals surface area contributed by atoms with Crippen LogP contribution in [0.4, 0.5) is 5.82 Å². The minimum absolute atomic E-state index is 0.311. The van der Waals surface area contributed by atoms with Crippen LogP contribution in [-0.4, -0.2) is 31.3 Å². The van der Waals surface area contributed by atoms with E-state index in [9.17, 15) is 0 Å². The van der Waals surface area contributed by atoms with Crippen LogP contribution >= 0.6 is 0 Å². The predicted octanol–water partition coefficient (Wildman–Crippen LogP) is 2.41. The van der Waals surface area contributed by atoms with Crippen LogP contribution in [0.3, 0.4) is 0 Å². The lowest BCUT2D eigenvalue weighted by Crippen LogP contribution is -2.24. The van der Waals surface area contributed by atoms with Crippen molar-refractivity contribution < 1.29 is 0 Å². The lowest BCUT2D eigenvalue weighted by atomic mass is 10.1. The quantitative estimate of drug-likeness (QED) is 0.800. The van der Waals surface area contributed by atoms with E-state index in [0.29, 0.717) is 19.0 Å². The highest BCUT2D eigenvalue weighted by molar-refractivity contribution is 5.87. The molecule has 0 unspecified atom stereocenters. The summed E-state index contributed by atoms with van der Waals surface area (Å²) >= 11 is 0. The van der Waals surface area contributed by atoms with Crippen molar-refractivity contribution in [1.82, 2.24) is 24.7 Å². The summed E-state index contributed by atoms with van der Waals surface area (Å²) in [5.74, 6) is 0.926. The van der Waals surface area contributed by atoms with E-state index < -0.39 is 0 Å². The summed E-state index contributed by atoms with van der Waals surface area (Å²) in [5, 5.41) is 14.1. The number of H-pyrrole nitrogens is 1. The molecule has 0 radical (unpaired) electrons. The second kappa shape index (κ2) is 5.72. The number of aromatic amines is 1. The first-order valence-electron chi connectivity index (χ1n) is 7.82. The zero-order valence-corrected chi connectivity index (χ0v) is 12.7. The fourth-order valence-electron chi connectivity index (χ4n) is 3.32. The number of nitriles is 1. The number of hydrogen-bond donors (Lipinski definition) is 1. The van der Waals surface area contributed by atoms with Gasteiger partial charge < -0.3 is 9.88 Å². The molecule has 0 saturated carbocycles. The van der Waals surface area contributed by atoms with Crippen LogP contribution in [0.2, 0.25) is 0 Å². The summed E-state index contributed by atoms with van der Waals surface area (Å²) in [6, 6.07) is 6.61. The van der Waals surface area contributed by atoms with E-state index in [1.165, 1.54) is 5.69 Å². The first-order valence-corrected chi connectivity index (χ1v) is 7.82. The minimum atomic E-state index is 0.311. The molecule has 3 aromatic heterocycles. The molecule has 1 fully saturated rings. The monoisotopic (exact) mass is 307 g/mol. The van der Waals surface area contributed by atoms with Gasteiger partial charge in [-0.05, 0) is 25.0 Å². The maximum absolute atomic E-state index is 8.77. The minimum Gasteiger partial charge on any atom is -0.363 e. The van der Waals surface area contributed by atoms with Crippen molar-refractivity contribution in [2.45, 2.75) is 31.8 Å². The molecule has 1 N–H and O–H groups in total. The number of nitrogens with zero attached hydrogens (tertiary/aromatic N) is 6. The lowest BCUT2D eigenvalue weighted by Gasteiger charge is -2.25. The van der Waals surface area contributed by atoms with E-state index >= 15 is 0 Å². The standard InChI is InChI=1S/C16H17N7/c17-6-3-9-23-16-12(10-21-23)15(19-11-20-16)22-8-2-5-14(22)13-4-1-7-18-13/h1,4,7,10-11,14,18H,2-3,5,8-9H2/t14-/m1/s1. The Morgan fingerprint density at radius 1 is 1.39 bits per heavy atom. The maximum Gasteiger partial charge on any atom is 0.163 e. The number of aromatic nitrogens is 5. The largest absolute Gasteiger partial charge is 0.363 e. The van der Waals surface area contributed by atoms with Gasteiger partial charge in [-0.1, -0.05) is 0 Å². The van der Waals surface area contributed by atoms with E-state index in [2.05, 4.69) is 37.1 Å². The summed E-state index contributed by atoms with van der Waals surface area (Å²) in [6.45, 7) is 1.52. The van der Waals surface area contributed by atoms with Crippen LogP contribution in [-0.2, 0) is 6.54 Å². The van der Waals surface area contributed by atoms with Crippen LogP contribution in [0.1, 0.15) is 31.0 Å². The number of rotatable bonds is 4. The van der Waals surface area contributed by atoms with Crippen LogP contribution in [0.15, 0.2) is 30.9 Å². The second-order valence-corrected chi connectivity index (χ2v) is 5.69. The van der Waals surface area contributed by atoms with Gasteiger partial charge in [0.25, 0.3) is 0 Å². The van der Waals surface area contributed by atoms with E-state index in [1.807, 2.05) is 18.5 Å². The number of aryl methyl sites for hydroxylation is 1. The SMILES string of the molecule is N#CCCn1ncc2c(N3CCC[C@@H]3c3ccc[nH]3)ncnc21. The molecule has 1 aliphatic heterocycles. The van der Waals surface area contributed by atoms with Crippen molar-refractivity contribution in [3.8, 4) is 6.07 Å². The topological polar surface area (TPSA) is 86.4 Å². The van der Waals surface area contributed by atoms with Crippen LogP contribution in [0, 0.1) is 11.3 Å². The van der Waals surface area contributed by atoms with E-state index in [0.717, 1.165) is 36.2 Å². The Balaban J connectivity index is 1.74. The second-order valence-electron chi connectivity index (χ2n) is 5.69. The zero-order valence-electron chi connectivity index (χ0n) is 12.7. The molecule has 3 aromatic rings. The zero-order chi connectivity index (χ0) is 15.6. The average molecular weight is 307 g/mol. The van der Waals surface area contributed by atoms with E-state index in [4.69, 9.17) is 5.26 Å². The number of fused-ring (bicyclic) bond motifs is 1. The molecule has 0 spiro atoms. The molecule has 4 heterocycles. The van der Waals surface area contributed by atoms with Crippen molar-refractivity contribution in [2.24, 2.45) is 0 Å². The van der Waals surface area contributed by atoms with Gasteiger partial charge in [-0.3, -0.25) is 0 Å². The Bertz CT molecular complexity index is 843. The molecule has 7 nitrogen and oxygen atoms in total. The Morgan fingerprint density at radius 2 is 2.35 bits per heavy atom. The maximum atomic E-state index is 8.77. The van der Waals surface area contributed by atoms with Crippen molar-refractivity contribution in [2.75, 3.05) is 11.4 Å². The summed E-state index contributed by atoms with van der Waals surface area (Å²) in [6.07, 6.45) is 8.02. The van der Waals surface area contributed by atoms with Crippen molar-refractivity contribution in [3.63, 3.8) is 0 Å². The lowest BCUT2D eigenvalue weighted by molar-refractivity contribution is 0.642. The van der Waals surface area contributed by atoms with Gasteiger partial charge in [0.1, 0.15) is 12.1 Å². The van der Waals surface area contributed by atoms with Gasteiger partial charge in [-0.15, -0.1) is 0 Å². The Kier molecular flexibility index (Phi) is 3.42. The van der Waals surface area contributed by atoms with Gasteiger partial charge in [0, 0.05) is 18.4 Å². The number of nitrogens with one attached hydrogen (secondary N) is 1. The summed E-state index contributed by atoms with van der Waals surface area (Å²) < 4.78 is 1.78. The fourth-order valence-corrected chi connectivity index (χ4v) is 3.32. The molecule has 1 aliphatic rings. The summed E-state index contributed by atoms with van der Waals surface area (Å²) in [4.78, 5) is 14.5. The molecular formula is C16H17N7. The molecule has 0 bridgehead atoms. The third kappa shape index (κ3) is 2.32. The van der Waals surface area contributed by atoms with E-state index in [1.54, 1.807) is 11.0 Å². The predicted molar refractivity (Wildman–Crippen MR) is 85.7 cm³/mol. The highest BCUT2D eigenvalue weighted by Gasteiger charge is 2.29. The molecule has 4 rings (SSSR count). The van der Waals surface area contributed by atoms with Crippen molar-refractivity contribution in [3.05, 3.63) is 36.5 Å². The summed E-state index contributed by atoms with van der Waals surface area (Å²) in [7, 11) is 0. The van der Waals surface area contributed by atoms with Gasteiger partial charge in [0.05, 0.1) is 36.7 Å². The molecule has 1 saturated heterocycles. The molecule has 23 heavy (non-hydrogen) atoms. The van der Waals surface area contributed by atoms with Gasteiger partial charge >= 0.3 is 0 Å². The first kappa shape index (κ1) is 13.8. The number of anilines is 1. The molecule has 1 atom stereocenters. The van der Waals surface area contributed by atoms with Crippen molar-refractivity contribution >= 4 is 16.9 Å². The highest BCUT2D eigenvalue weighted by atomic mass is 15.3. The Morgan fingerprint density at radius 3 is 3.17 bits per heavy atom. The third-order valence-corrected chi connectivity index (χ3v) is 4.35. The molecule has 116 valence electrons. The van der Waals surface area contributed by atoms with Crippen LogP contribution in [0.25, 0.3) is 11.0 Å². The van der Waals surface area contributed by atoms with Crippen LogP contribution in [0.5, 0.6) is 0 Å². The number of hydrogen-bond acceptors (Lipinski definition) is 5.